The second kappa shape index (κ2) is 7.68. The third-order valence-electron chi connectivity index (χ3n) is 5.08. The molecule has 0 unspecified atom stereocenters. The lowest BCUT2D eigenvalue weighted by Crippen LogP contribution is -2.05. The summed E-state index contributed by atoms with van der Waals surface area (Å²) in [6.45, 7) is 0.313. The zero-order valence-electron chi connectivity index (χ0n) is 16.1. The number of anilines is 2. The van der Waals surface area contributed by atoms with Crippen molar-refractivity contribution in [2.75, 3.05) is 18.6 Å². The van der Waals surface area contributed by atoms with Gasteiger partial charge in [0.15, 0.2) is 0 Å². The van der Waals surface area contributed by atoms with E-state index in [2.05, 4.69) is 28.2 Å². The normalized spacial score (nSPS) is 12.3. The van der Waals surface area contributed by atoms with E-state index in [4.69, 9.17) is 20.9 Å². The van der Waals surface area contributed by atoms with Crippen molar-refractivity contribution in [3.8, 4) is 28.8 Å². The first-order valence-corrected chi connectivity index (χ1v) is 9.34. The van der Waals surface area contributed by atoms with Gasteiger partial charge in [0.25, 0.3) is 0 Å². The molecule has 146 valence electrons. The highest BCUT2D eigenvalue weighted by Crippen LogP contribution is 2.31. The molecule has 7 nitrogen and oxygen atoms in total. The summed E-state index contributed by atoms with van der Waals surface area (Å²) in [5, 5.41) is 9.45. The van der Waals surface area contributed by atoms with Crippen LogP contribution in [0.3, 0.4) is 0 Å². The van der Waals surface area contributed by atoms with Crippen molar-refractivity contribution in [2.45, 2.75) is 25.9 Å². The molecule has 2 aromatic carbocycles. The number of hydrogen-bond donors (Lipinski definition) is 2. The third-order valence-corrected chi connectivity index (χ3v) is 5.08. The van der Waals surface area contributed by atoms with E-state index in [9.17, 15) is 5.26 Å². The van der Waals surface area contributed by atoms with Crippen LogP contribution in [0.1, 0.15) is 28.7 Å². The van der Waals surface area contributed by atoms with Gasteiger partial charge in [-0.15, -0.1) is 0 Å². The maximum atomic E-state index is 9.45. The number of methoxy groups -OCH3 is 1. The quantitative estimate of drug-likeness (QED) is 0.689. The average molecular weight is 387 g/mol. The number of aryl methyl sites for hydroxylation is 2. The van der Waals surface area contributed by atoms with Crippen LogP contribution < -0.4 is 20.9 Å². The lowest BCUT2D eigenvalue weighted by Gasteiger charge is -2.14. The topological polar surface area (TPSA) is 120 Å². The molecule has 0 atom stereocenters. The molecule has 0 saturated heterocycles. The molecule has 0 spiro atoms. The van der Waals surface area contributed by atoms with E-state index in [0.29, 0.717) is 23.6 Å². The van der Waals surface area contributed by atoms with E-state index in [1.165, 1.54) is 17.5 Å². The van der Waals surface area contributed by atoms with Crippen LogP contribution in [0.4, 0.5) is 11.8 Å². The number of hydrogen-bond acceptors (Lipinski definition) is 7. The highest BCUT2D eigenvalue weighted by Gasteiger charge is 2.16. The van der Waals surface area contributed by atoms with Crippen LogP contribution in [0.5, 0.6) is 11.5 Å². The maximum absolute atomic E-state index is 9.45. The van der Waals surface area contributed by atoms with Gasteiger partial charge < -0.3 is 20.9 Å². The smallest absolute Gasteiger partial charge is 0.222 e. The van der Waals surface area contributed by atoms with Gasteiger partial charge in [0.05, 0.1) is 12.8 Å². The molecule has 3 aromatic rings. The Morgan fingerprint density at radius 3 is 2.69 bits per heavy atom. The Labute approximate surface area is 168 Å². The Morgan fingerprint density at radius 2 is 1.90 bits per heavy atom. The van der Waals surface area contributed by atoms with Crippen LogP contribution in [0.25, 0.3) is 11.3 Å². The summed E-state index contributed by atoms with van der Waals surface area (Å²) in [5.74, 6) is 1.58. The van der Waals surface area contributed by atoms with Crippen molar-refractivity contribution in [2.24, 2.45) is 0 Å². The van der Waals surface area contributed by atoms with Crippen molar-refractivity contribution in [1.29, 1.82) is 5.26 Å². The molecule has 0 amide bonds. The predicted octanol–water partition coefficient (Wildman–Crippen LogP) is 3.26. The predicted molar refractivity (Wildman–Crippen MR) is 110 cm³/mol. The van der Waals surface area contributed by atoms with E-state index in [1.807, 2.05) is 18.2 Å². The molecule has 0 saturated carbocycles. The molecule has 0 bridgehead atoms. The molecular formula is C22H21N5O2. The third kappa shape index (κ3) is 3.65. The monoisotopic (exact) mass is 387 g/mol. The first kappa shape index (κ1) is 18.6. The number of ether oxygens (including phenoxy) is 2. The zero-order valence-corrected chi connectivity index (χ0v) is 16.1. The number of fused-ring (bicyclic) bond motifs is 1. The Morgan fingerprint density at radius 1 is 1.07 bits per heavy atom. The lowest BCUT2D eigenvalue weighted by molar-refractivity contribution is 0.296. The minimum absolute atomic E-state index is 0.0169. The molecule has 4 N–H and O–H groups in total. The summed E-state index contributed by atoms with van der Waals surface area (Å²) in [5.41, 5.74) is 16.4. The standard InChI is InChI=1S/C22H21N5O2/c1-28-19-8-6-15(20-18(11-23)21(24)27-22(25)26-20)9-16(19)12-29-17-7-5-13-3-2-4-14(13)10-17/h5-10H,2-4,12H2,1H3,(H4,24,25,26,27). The van der Waals surface area contributed by atoms with Crippen LogP contribution in [-0.4, -0.2) is 17.1 Å². The molecule has 4 rings (SSSR count). The fourth-order valence-electron chi connectivity index (χ4n) is 3.65. The minimum Gasteiger partial charge on any atom is -0.496 e. The number of nitrogens with two attached hydrogens (primary N) is 2. The van der Waals surface area contributed by atoms with Gasteiger partial charge >= 0.3 is 0 Å². The molecule has 0 fully saturated rings. The number of aromatic nitrogens is 2. The van der Waals surface area contributed by atoms with Crippen molar-refractivity contribution < 1.29 is 9.47 Å². The van der Waals surface area contributed by atoms with E-state index >= 15 is 0 Å². The van der Waals surface area contributed by atoms with Crippen LogP contribution in [0, 0.1) is 11.3 Å². The molecule has 0 radical (unpaired) electrons. The highest BCUT2D eigenvalue weighted by molar-refractivity contribution is 5.74. The largest absolute Gasteiger partial charge is 0.496 e. The Balaban J connectivity index is 1.65. The summed E-state index contributed by atoms with van der Waals surface area (Å²) in [6.07, 6.45) is 3.43. The van der Waals surface area contributed by atoms with Gasteiger partial charge in [0.1, 0.15) is 35.6 Å². The molecular weight excluding hydrogens is 366 g/mol. The molecule has 1 aliphatic rings. The Bertz CT molecular complexity index is 1120. The number of benzene rings is 2. The van der Waals surface area contributed by atoms with Crippen molar-refractivity contribution in [3.05, 3.63) is 58.7 Å². The van der Waals surface area contributed by atoms with Crippen LogP contribution in [0.15, 0.2) is 36.4 Å². The number of nitriles is 1. The minimum atomic E-state index is 0.0169. The fraction of sp³-hybridized carbons (Fsp3) is 0.227. The second-order valence-electron chi connectivity index (χ2n) is 6.90. The first-order chi connectivity index (χ1) is 14.1. The summed E-state index contributed by atoms with van der Waals surface area (Å²) in [6, 6.07) is 13.8. The van der Waals surface area contributed by atoms with Crippen LogP contribution >= 0.6 is 0 Å². The molecule has 1 heterocycles. The van der Waals surface area contributed by atoms with Gasteiger partial charge in [-0.25, -0.2) is 4.98 Å². The first-order valence-electron chi connectivity index (χ1n) is 9.34. The van der Waals surface area contributed by atoms with Crippen molar-refractivity contribution in [1.82, 2.24) is 9.97 Å². The van der Waals surface area contributed by atoms with Crippen LogP contribution in [0.2, 0.25) is 0 Å². The SMILES string of the molecule is COc1ccc(-c2nc(N)nc(N)c2C#N)cc1COc1ccc2c(c1)CCC2. The summed E-state index contributed by atoms with van der Waals surface area (Å²) >= 11 is 0. The number of nitrogen functional groups attached to an aromatic ring is 2. The molecule has 1 aromatic heterocycles. The van der Waals surface area contributed by atoms with Gasteiger partial charge in [0, 0.05) is 11.1 Å². The van der Waals surface area contributed by atoms with E-state index in [0.717, 1.165) is 24.2 Å². The second-order valence-corrected chi connectivity index (χ2v) is 6.90. The Kier molecular flexibility index (Phi) is 4.92. The van der Waals surface area contributed by atoms with E-state index < -0.39 is 0 Å². The van der Waals surface area contributed by atoms with Crippen molar-refractivity contribution in [3.63, 3.8) is 0 Å². The fourth-order valence-corrected chi connectivity index (χ4v) is 3.65. The maximum Gasteiger partial charge on any atom is 0.222 e. The van der Waals surface area contributed by atoms with Gasteiger partial charge in [-0.05, 0) is 60.7 Å². The number of nitrogens with zero attached hydrogens (tertiary/aromatic N) is 3. The average Bonchev–Trinajstić information content (AvgIpc) is 3.19. The van der Waals surface area contributed by atoms with Gasteiger partial charge in [-0.2, -0.15) is 10.2 Å². The Hall–Kier alpha value is -3.79. The van der Waals surface area contributed by atoms with E-state index in [-0.39, 0.29) is 17.3 Å². The van der Waals surface area contributed by atoms with E-state index in [1.54, 1.807) is 13.2 Å². The zero-order chi connectivity index (χ0) is 20.4. The summed E-state index contributed by atoms with van der Waals surface area (Å²) < 4.78 is 11.5. The van der Waals surface area contributed by atoms with Gasteiger partial charge in [-0.1, -0.05) is 6.07 Å². The lowest BCUT2D eigenvalue weighted by atomic mass is 10.0. The molecule has 1 aliphatic carbocycles. The van der Waals surface area contributed by atoms with Crippen LogP contribution in [-0.2, 0) is 19.4 Å². The molecule has 0 aliphatic heterocycles. The van der Waals surface area contributed by atoms with Crippen molar-refractivity contribution >= 4 is 11.8 Å². The number of rotatable bonds is 5. The molecule has 7 heteroatoms. The summed E-state index contributed by atoms with van der Waals surface area (Å²) in [4.78, 5) is 8.08. The highest BCUT2D eigenvalue weighted by atomic mass is 16.5. The van der Waals surface area contributed by atoms with Gasteiger partial charge in [0.2, 0.25) is 5.95 Å². The van der Waals surface area contributed by atoms with Gasteiger partial charge in [-0.3, -0.25) is 0 Å². The summed E-state index contributed by atoms with van der Waals surface area (Å²) in [7, 11) is 1.61. The molecule has 29 heavy (non-hydrogen) atoms.